The van der Waals surface area contributed by atoms with Gasteiger partial charge < -0.3 is 20.7 Å². The average molecular weight is 468 g/mol. The molecular formula is C18H37IN4O2. The lowest BCUT2D eigenvalue weighted by atomic mass is 10.2. The molecule has 1 fully saturated rings. The van der Waals surface area contributed by atoms with E-state index in [1.165, 1.54) is 12.8 Å². The van der Waals surface area contributed by atoms with E-state index < -0.39 is 0 Å². The van der Waals surface area contributed by atoms with Crippen LogP contribution in [0.2, 0.25) is 0 Å². The Bertz CT molecular complexity index is 372. The molecule has 1 rings (SSSR count). The predicted molar refractivity (Wildman–Crippen MR) is 115 cm³/mol. The van der Waals surface area contributed by atoms with Gasteiger partial charge in [-0.3, -0.25) is 9.79 Å². The third kappa shape index (κ3) is 13.3. The number of halogens is 1. The van der Waals surface area contributed by atoms with Gasteiger partial charge in [-0.05, 0) is 32.1 Å². The van der Waals surface area contributed by atoms with E-state index in [1.807, 2.05) is 6.92 Å². The number of nitrogens with one attached hydrogen (secondary N) is 3. The number of carbonyl (C=O) groups excluding carboxylic acids is 1. The molecule has 7 heteroatoms. The Kier molecular flexibility index (Phi) is 15.3. The lowest BCUT2D eigenvalue weighted by Crippen LogP contribution is -2.40. The Morgan fingerprint density at radius 3 is 2.60 bits per heavy atom. The summed E-state index contributed by atoms with van der Waals surface area (Å²) in [6, 6.07) is 0.394. The third-order valence-corrected chi connectivity index (χ3v) is 3.88. The van der Waals surface area contributed by atoms with Crippen LogP contribution in [0.4, 0.5) is 0 Å². The van der Waals surface area contributed by atoms with Gasteiger partial charge in [0, 0.05) is 45.3 Å². The Balaban J connectivity index is 0.00000576. The van der Waals surface area contributed by atoms with Crippen molar-refractivity contribution in [3.8, 4) is 0 Å². The Morgan fingerprint density at radius 2 is 1.96 bits per heavy atom. The van der Waals surface area contributed by atoms with E-state index in [0.29, 0.717) is 24.9 Å². The van der Waals surface area contributed by atoms with Crippen LogP contribution in [0, 0.1) is 5.92 Å². The second-order valence-electron chi connectivity index (χ2n) is 6.81. The van der Waals surface area contributed by atoms with E-state index in [4.69, 9.17) is 4.74 Å². The van der Waals surface area contributed by atoms with Crippen molar-refractivity contribution in [1.82, 2.24) is 16.0 Å². The SMILES string of the molecule is CCNC(=NCCCOCC(C)C)NCCC(=O)NC1CCCC1.I. The third-order valence-electron chi connectivity index (χ3n) is 3.88. The van der Waals surface area contributed by atoms with Crippen LogP contribution in [0.5, 0.6) is 0 Å². The molecule has 6 nitrogen and oxygen atoms in total. The molecule has 0 saturated heterocycles. The minimum atomic E-state index is 0. The molecule has 0 bridgehead atoms. The van der Waals surface area contributed by atoms with Crippen LogP contribution in [0.25, 0.3) is 0 Å². The molecule has 0 atom stereocenters. The van der Waals surface area contributed by atoms with Crippen molar-refractivity contribution in [1.29, 1.82) is 0 Å². The number of guanidine groups is 1. The number of hydrogen-bond donors (Lipinski definition) is 3. The summed E-state index contributed by atoms with van der Waals surface area (Å²) in [6.07, 6.45) is 6.12. The van der Waals surface area contributed by atoms with Gasteiger partial charge in [0.2, 0.25) is 5.91 Å². The van der Waals surface area contributed by atoms with Crippen molar-refractivity contribution in [3.63, 3.8) is 0 Å². The largest absolute Gasteiger partial charge is 0.381 e. The van der Waals surface area contributed by atoms with Crippen molar-refractivity contribution in [2.45, 2.75) is 65.3 Å². The van der Waals surface area contributed by atoms with Crippen molar-refractivity contribution in [2.75, 3.05) is 32.8 Å². The second kappa shape index (κ2) is 15.7. The van der Waals surface area contributed by atoms with Gasteiger partial charge in [-0.15, -0.1) is 24.0 Å². The molecule has 0 radical (unpaired) electrons. The zero-order valence-electron chi connectivity index (χ0n) is 16.1. The van der Waals surface area contributed by atoms with Gasteiger partial charge in [0.15, 0.2) is 5.96 Å². The summed E-state index contributed by atoms with van der Waals surface area (Å²) in [5.74, 6) is 1.48. The summed E-state index contributed by atoms with van der Waals surface area (Å²) in [7, 11) is 0. The monoisotopic (exact) mass is 468 g/mol. The number of amides is 1. The zero-order chi connectivity index (χ0) is 17.6. The van der Waals surface area contributed by atoms with Crippen LogP contribution in [-0.2, 0) is 9.53 Å². The van der Waals surface area contributed by atoms with Crippen molar-refractivity contribution < 1.29 is 9.53 Å². The summed E-state index contributed by atoms with van der Waals surface area (Å²) >= 11 is 0. The molecule has 1 saturated carbocycles. The van der Waals surface area contributed by atoms with Gasteiger partial charge in [0.25, 0.3) is 0 Å². The molecular weight excluding hydrogens is 431 g/mol. The van der Waals surface area contributed by atoms with Gasteiger partial charge in [-0.25, -0.2) is 0 Å². The molecule has 0 aromatic carbocycles. The van der Waals surface area contributed by atoms with Gasteiger partial charge in [-0.1, -0.05) is 26.7 Å². The predicted octanol–water partition coefficient (Wildman–Crippen LogP) is 2.67. The first-order chi connectivity index (χ1) is 11.6. The lowest BCUT2D eigenvalue weighted by molar-refractivity contribution is -0.121. The highest BCUT2D eigenvalue weighted by atomic mass is 127. The minimum Gasteiger partial charge on any atom is -0.381 e. The van der Waals surface area contributed by atoms with Crippen LogP contribution >= 0.6 is 24.0 Å². The highest BCUT2D eigenvalue weighted by molar-refractivity contribution is 14.0. The lowest BCUT2D eigenvalue weighted by Gasteiger charge is -2.14. The summed E-state index contributed by atoms with van der Waals surface area (Å²) in [4.78, 5) is 16.4. The normalized spacial score (nSPS) is 15.1. The smallest absolute Gasteiger partial charge is 0.221 e. The fourth-order valence-electron chi connectivity index (χ4n) is 2.68. The second-order valence-corrected chi connectivity index (χ2v) is 6.81. The molecule has 1 aliphatic rings. The maximum absolute atomic E-state index is 11.9. The number of ether oxygens (including phenoxy) is 1. The summed E-state index contributed by atoms with van der Waals surface area (Å²) < 4.78 is 5.55. The van der Waals surface area contributed by atoms with Gasteiger partial charge >= 0.3 is 0 Å². The number of nitrogens with zero attached hydrogens (tertiary/aromatic N) is 1. The summed E-state index contributed by atoms with van der Waals surface area (Å²) in [6.45, 7) is 10.0. The van der Waals surface area contributed by atoms with Crippen LogP contribution in [0.15, 0.2) is 4.99 Å². The fourth-order valence-corrected chi connectivity index (χ4v) is 2.68. The Hall–Kier alpha value is -0.570. The first-order valence-electron chi connectivity index (χ1n) is 9.51. The molecule has 148 valence electrons. The van der Waals surface area contributed by atoms with Crippen molar-refractivity contribution >= 4 is 35.8 Å². The van der Waals surface area contributed by atoms with Crippen LogP contribution in [-0.4, -0.2) is 50.8 Å². The minimum absolute atomic E-state index is 0. The molecule has 0 unspecified atom stereocenters. The number of carbonyl (C=O) groups is 1. The van der Waals surface area contributed by atoms with E-state index in [9.17, 15) is 4.79 Å². The first-order valence-corrected chi connectivity index (χ1v) is 9.51. The number of aliphatic imine (C=N–C) groups is 1. The Labute approximate surface area is 170 Å². The molecule has 0 spiro atoms. The van der Waals surface area contributed by atoms with Crippen LogP contribution in [0.1, 0.15) is 59.3 Å². The van der Waals surface area contributed by atoms with E-state index >= 15 is 0 Å². The molecule has 0 aromatic rings. The fraction of sp³-hybridized carbons (Fsp3) is 0.889. The molecule has 1 amide bonds. The van der Waals surface area contributed by atoms with E-state index in [-0.39, 0.29) is 29.9 Å². The van der Waals surface area contributed by atoms with Crippen molar-refractivity contribution in [2.24, 2.45) is 10.9 Å². The quantitative estimate of drug-likeness (QED) is 0.189. The molecule has 0 aliphatic heterocycles. The van der Waals surface area contributed by atoms with Gasteiger partial charge in [0.05, 0.1) is 0 Å². The van der Waals surface area contributed by atoms with Crippen LogP contribution < -0.4 is 16.0 Å². The van der Waals surface area contributed by atoms with Crippen LogP contribution in [0.3, 0.4) is 0 Å². The summed E-state index contributed by atoms with van der Waals surface area (Å²) in [5.41, 5.74) is 0. The highest BCUT2D eigenvalue weighted by Crippen LogP contribution is 2.17. The van der Waals surface area contributed by atoms with E-state index in [2.05, 4.69) is 34.8 Å². The molecule has 3 N–H and O–H groups in total. The van der Waals surface area contributed by atoms with Crippen molar-refractivity contribution in [3.05, 3.63) is 0 Å². The maximum Gasteiger partial charge on any atom is 0.221 e. The number of rotatable bonds is 11. The van der Waals surface area contributed by atoms with Gasteiger partial charge in [0.1, 0.15) is 0 Å². The molecule has 0 aromatic heterocycles. The molecule has 1 aliphatic carbocycles. The van der Waals surface area contributed by atoms with E-state index in [0.717, 1.165) is 51.5 Å². The van der Waals surface area contributed by atoms with E-state index in [1.54, 1.807) is 0 Å². The standard InChI is InChI=1S/C18H36N4O2.HI/c1-4-19-18(20-11-7-13-24-14-15(2)3)21-12-10-17(23)22-16-8-5-6-9-16;/h15-16H,4-14H2,1-3H3,(H,22,23)(H2,19,20,21);1H. The maximum atomic E-state index is 11.9. The highest BCUT2D eigenvalue weighted by Gasteiger charge is 2.16. The first kappa shape index (κ1) is 24.4. The number of hydrogen-bond acceptors (Lipinski definition) is 3. The van der Waals surface area contributed by atoms with Gasteiger partial charge in [-0.2, -0.15) is 0 Å². The molecule has 25 heavy (non-hydrogen) atoms. The summed E-state index contributed by atoms with van der Waals surface area (Å²) in [5, 5.41) is 9.53. The molecule has 0 heterocycles. The topological polar surface area (TPSA) is 74.8 Å². The zero-order valence-corrected chi connectivity index (χ0v) is 18.4. The Morgan fingerprint density at radius 1 is 1.24 bits per heavy atom. The average Bonchev–Trinajstić information content (AvgIpc) is 3.03.